The molecule has 0 aromatic heterocycles. The summed E-state index contributed by atoms with van der Waals surface area (Å²) in [6, 6.07) is 0.365. The number of carbonyl (C=O) groups is 2. The van der Waals surface area contributed by atoms with Gasteiger partial charge in [0.25, 0.3) is 0 Å². The van der Waals surface area contributed by atoms with Gasteiger partial charge < -0.3 is 10.2 Å². The van der Waals surface area contributed by atoms with E-state index in [2.05, 4.69) is 11.8 Å². The number of nitrogens with zero attached hydrogens (tertiary/aromatic N) is 1. The summed E-state index contributed by atoms with van der Waals surface area (Å²) in [6.07, 6.45) is 2.35. The zero-order chi connectivity index (χ0) is 12.1. The van der Waals surface area contributed by atoms with Crippen LogP contribution in [0.1, 0.15) is 32.6 Å². The second kappa shape index (κ2) is 5.84. The van der Waals surface area contributed by atoms with Crippen LogP contribution in [-0.2, 0) is 9.59 Å². The van der Waals surface area contributed by atoms with Crippen LogP contribution in [0.5, 0.6) is 0 Å². The molecule has 0 spiro atoms. The Morgan fingerprint density at radius 1 is 1.31 bits per heavy atom. The first kappa shape index (κ1) is 13.0. The van der Waals surface area contributed by atoms with Crippen molar-refractivity contribution in [1.82, 2.24) is 4.90 Å². The second-order valence-electron chi connectivity index (χ2n) is 4.45. The summed E-state index contributed by atoms with van der Waals surface area (Å²) >= 11 is 0. The van der Waals surface area contributed by atoms with Gasteiger partial charge in [-0.2, -0.15) is 0 Å². The van der Waals surface area contributed by atoms with Crippen molar-refractivity contribution in [1.29, 1.82) is 0 Å². The lowest BCUT2D eigenvalue weighted by molar-refractivity contribution is -0.144. The second-order valence-corrected chi connectivity index (χ2v) is 4.45. The van der Waals surface area contributed by atoms with Crippen molar-refractivity contribution in [2.24, 2.45) is 5.92 Å². The first-order valence-electron chi connectivity index (χ1n) is 5.69. The molecule has 0 radical (unpaired) electrons. The third kappa shape index (κ3) is 3.81. The Balaban J connectivity index is 2.37. The number of hydrogen-bond acceptors (Lipinski definition) is 3. The zero-order valence-corrected chi connectivity index (χ0v) is 9.56. The van der Waals surface area contributed by atoms with E-state index in [1.54, 1.807) is 0 Å². The van der Waals surface area contributed by atoms with Crippen LogP contribution in [0.15, 0.2) is 0 Å². The zero-order valence-electron chi connectivity index (χ0n) is 9.56. The molecule has 1 heterocycles. The molecule has 1 saturated heterocycles. The molecular weight excluding hydrogens is 210 g/mol. The van der Waals surface area contributed by atoms with Gasteiger partial charge in [-0.05, 0) is 32.7 Å². The molecule has 0 aromatic carbocycles. The van der Waals surface area contributed by atoms with Crippen LogP contribution in [0, 0.1) is 5.92 Å². The van der Waals surface area contributed by atoms with Crippen molar-refractivity contribution in [3.63, 3.8) is 0 Å². The molecule has 0 amide bonds. The number of carboxylic acids is 2. The van der Waals surface area contributed by atoms with Crippen molar-refractivity contribution in [3.8, 4) is 0 Å². The maximum absolute atomic E-state index is 10.9. The summed E-state index contributed by atoms with van der Waals surface area (Å²) in [5.74, 6) is -1.82. The molecule has 5 heteroatoms. The molecule has 1 aliphatic heterocycles. The van der Waals surface area contributed by atoms with Crippen molar-refractivity contribution in [2.75, 3.05) is 13.1 Å². The maximum atomic E-state index is 10.9. The third-order valence-electron chi connectivity index (χ3n) is 3.20. The Morgan fingerprint density at radius 2 is 2.00 bits per heavy atom. The molecule has 16 heavy (non-hydrogen) atoms. The Morgan fingerprint density at radius 3 is 2.56 bits per heavy atom. The van der Waals surface area contributed by atoms with Crippen LogP contribution in [0.25, 0.3) is 0 Å². The van der Waals surface area contributed by atoms with Gasteiger partial charge >= 0.3 is 11.9 Å². The molecule has 0 bridgehead atoms. The minimum Gasteiger partial charge on any atom is -0.481 e. The van der Waals surface area contributed by atoms with E-state index < -0.39 is 11.9 Å². The van der Waals surface area contributed by atoms with E-state index in [1.165, 1.54) is 0 Å². The van der Waals surface area contributed by atoms with Gasteiger partial charge in [0.15, 0.2) is 0 Å². The lowest BCUT2D eigenvalue weighted by atomic mass is 9.93. The molecule has 1 fully saturated rings. The van der Waals surface area contributed by atoms with Crippen LogP contribution >= 0.6 is 0 Å². The normalized spacial score (nSPS) is 26.6. The summed E-state index contributed by atoms with van der Waals surface area (Å²) in [4.78, 5) is 23.3. The Labute approximate surface area is 95.1 Å². The van der Waals surface area contributed by atoms with Gasteiger partial charge in [-0.1, -0.05) is 0 Å². The fraction of sp³-hybridized carbons (Fsp3) is 0.818. The van der Waals surface area contributed by atoms with Gasteiger partial charge in [0, 0.05) is 19.0 Å². The highest BCUT2D eigenvalue weighted by atomic mass is 16.4. The monoisotopic (exact) mass is 229 g/mol. The SMILES string of the molecule is CC1CCC(C(=O)O)CN1CCCC(=O)O. The molecule has 0 saturated carbocycles. The van der Waals surface area contributed by atoms with E-state index in [4.69, 9.17) is 10.2 Å². The molecule has 2 unspecified atom stereocenters. The number of carboxylic acid groups (broad SMARTS) is 2. The van der Waals surface area contributed by atoms with E-state index in [1.807, 2.05) is 0 Å². The van der Waals surface area contributed by atoms with Crippen molar-refractivity contribution in [2.45, 2.75) is 38.6 Å². The number of aliphatic carboxylic acids is 2. The molecule has 2 atom stereocenters. The van der Waals surface area contributed by atoms with E-state index in [0.717, 1.165) is 12.8 Å². The largest absolute Gasteiger partial charge is 0.481 e. The number of hydrogen-bond donors (Lipinski definition) is 2. The van der Waals surface area contributed by atoms with Crippen LogP contribution in [0.2, 0.25) is 0 Å². The number of rotatable bonds is 5. The quantitative estimate of drug-likeness (QED) is 0.736. The first-order valence-corrected chi connectivity index (χ1v) is 5.69. The van der Waals surface area contributed by atoms with Crippen molar-refractivity contribution >= 4 is 11.9 Å². The summed E-state index contributed by atoms with van der Waals surface area (Å²) < 4.78 is 0. The summed E-state index contributed by atoms with van der Waals surface area (Å²) in [6.45, 7) is 3.30. The highest BCUT2D eigenvalue weighted by Gasteiger charge is 2.29. The van der Waals surface area contributed by atoms with Crippen molar-refractivity contribution < 1.29 is 19.8 Å². The smallest absolute Gasteiger partial charge is 0.307 e. The molecule has 1 aliphatic rings. The van der Waals surface area contributed by atoms with E-state index in [9.17, 15) is 9.59 Å². The average molecular weight is 229 g/mol. The Bertz CT molecular complexity index is 267. The standard InChI is InChI=1S/C11H19NO4/c1-8-4-5-9(11(15)16)7-12(8)6-2-3-10(13)14/h8-9H,2-7H2,1H3,(H,13,14)(H,15,16). The molecular formula is C11H19NO4. The van der Waals surface area contributed by atoms with Crippen molar-refractivity contribution in [3.05, 3.63) is 0 Å². The highest BCUT2D eigenvalue weighted by molar-refractivity contribution is 5.70. The van der Waals surface area contributed by atoms with Gasteiger partial charge in [-0.15, -0.1) is 0 Å². The Hall–Kier alpha value is -1.10. The van der Waals surface area contributed by atoms with Crippen LogP contribution in [0.4, 0.5) is 0 Å². The van der Waals surface area contributed by atoms with E-state index >= 15 is 0 Å². The maximum Gasteiger partial charge on any atom is 0.307 e. The fourth-order valence-corrected chi connectivity index (χ4v) is 2.13. The Kier molecular flexibility index (Phi) is 4.73. The van der Waals surface area contributed by atoms with Gasteiger partial charge in [0.1, 0.15) is 0 Å². The minimum atomic E-state index is -0.792. The van der Waals surface area contributed by atoms with Gasteiger partial charge in [0.05, 0.1) is 5.92 Å². The minimum absolute atomic E-state index is 0.154. The topological polar surface area (TPSA) is 77.8 Å². The summed E-state index contributed by atoms with van der Waals surface area (Å²) in [5.41, 5.74) is 0. The predicted octanol–water partition coefficient (Wildman–Crippen LogP) is 1.04. The number of piperidine rings is 1. The van der Waals surface area contributed by atoms with Crippen LogP contribution in [-0.4, -0.2) is 46.2 Å². The molecule has 0 aliphatic carbocycles. The molecule has 1 rings (SSSR count). The fourth-order valence-electron chi connectivity index (χ4n) is 2.13. The van der Waals surface area contributed by atoms with Gasteiger partial charge in [-0.25, -0.2) is 0 Å². The molecule has 92 valence electrons. The van der Waals surface area contributed by atoms with Crippen LogP contribution in [0.3, 0.4) is 0 Å². The highest BCUT2D eigenvalue weighted by Crippen LogP contribution is 2.22. The summed E-state index contributed by atoms with van der Waals surface area (Å²) in [7, 11) is 0. The van der Waals surface area contributed by atoms with Gasteiger partial charge in [0.2, 0.25) is 0 Å². The molecule has 5 nitrogen and oxygen atoms in total. The number of likely N-dealkylation sites (tertiary alicyclic amines) is 1. The molecule has 2 N–H and O–H groups in total. The predicted molar refractivity (Wildman–Crippen MR) is 58.3 cm³/mol. The van der Waals surface area contributed by atoms with Crippen LogP contribution < -0.4 is 0 Å². The molecule has 0 aromatic rings. The van der Waals surface area contributed by atoms with E-state index in [0.29, 0.717) is 25.6 Å². The average Bonchev–Trinajstić information content (AvgIpc) is 2.20. The third-order valence-corrected chi connectivity index (χ3v) is 3.20. The summed E-state index contributed by atoms with van der Waals surface area (Å²) in [5, 5.41) is 17.5. The van der Waals surface area contributed by atoms with Gasteiger partial charge in [-0.3, -0.25) is 14.5 Å². The van der Waals surface area contributed by atoms with E-state index in [-0.39, 0.29) is 12.3 Å². The lowest BCUT2D eigenvalue weighted by Gasteiger charge is -2.36. The first-order chi connectivity index (χ1) is 7.50. The lowest BCUT2D eigenvalue weighted by Crippen LogP contribution is -2.44.